The van der Waals surface area contributed by atoms with Gasteiger partial charge in [0.15, 0.2) is 0 Å². The van der Waals surface area contributed by atoms with E-state index in [1.807, 2.05) is 38.2 Å². The fourth-order valence-corrected chi connectivity index (χ4v) is 4.47. The van der Waals surface area contributed by atoms with Gasteiger partial charge < -0.3 is 9.88 Å². The number of nitrogens with one attached hydrogen (secondary N) is 2. The maximum atomic E-state index is 12.9. The van der Waals surface area contributed by atoms with Crippen LogP contribution in [0.25, 0.3) is 33.5 Å². The number of nitrogens with zero attached hydrogens (tertiary/aromatic N) is 6. The smallest absolute Gasteiger partial charge is 0.282 e. The van der Waals surface area contributed by atoms with Gasteiger partial charge in [0.2, 0.25) is 5.82 Å². The predicted octanol–water partition coefficient (Wildman–Crippen LogP) is 4.38. The van der Waals surface area contributed by atoms with E-state index in [0.29, 0.717) is 23.4 Å². The standard InChI is InChI=1S/C27H28N8O/c1-4-5-10-23-30-27(36)24-17(2)15-22(28-3)29-26(24)35(23)16-18-11-13-19(14-12-18)20-8-6-7-9-21(20)25-31-33-34-32-25/h6-9,11-15H,4-5,10,16H2,1-3H3,(H,28,29)(H,31,32,33,34). The highest BCUT2D eigenvalue weighted by Gasteiger charge is 2.16. The molecule has 2 N–H and O–H groups in total. The number of benzene rings is 2. The van der Waals surface area contributed by atoms with E-state index in [2.05, 4.69) is 72.7 Å². The Kier molecular flexibility index (Phi) is 6.53. The van der Waals surface area contributed by atoms with E-state index in [-0.39, 0.29) is 5.56 Å². The highest BCUT2D eigenvalue weighted by atomic mass is 16.1. The van der Waals surface area contributed by atoms with Crippen LogP contribution >= 0.6 is 0 Å². The maximum Gasteiger partial charge on any atom is 0.282 e. The molecule has 0 saturated carbocycles. The van der Waals surface area contributed by atoms with Crippen molar-refractivity contribution in [2.24, 2.45) is 0 Å². The summed E-state index contributed by atoms with van der Waals surface area (Å²) in [6, 6.07) is 18.3. The topological polar surface area (TPSA) is 114 Å². The molecule has 0 fully saturated rings. The molecule has 3 aromatic heterocycles. The second-order valence-electron chi connectivity index (χ2n) is 8.77. The van der Waals surface area contributed by atoms with Crippen molar-refractivity contribution in [1.82, 2.24) is 35.2 Å². The van der Waals surface area contributed by atoms with Crippen molar-refractivity contribution in [3.05, 3.63) is 81.9 Å². The molecule has 0 amide bonds. The van der Waals surface area contributed by atoms with Gasteiger partial charge in [-0.3, -0.25) is 4.79 Å². The molecular weight excluding hydrogens is 452 g/mol. The summed E-state index contributed by atoms with van der Waals surface area (Å²) >= 11 is 0. The Morgan fingerprint density at radius 3 is 2.50 bits per heavy atom. The van der Waals surface area contributed by atoms with Crippen LogP contribution in [0.4, 0.5) is 5.82 Å². The van der Waals surface area contributed by atoms with Gasteiger partial charge in [0.25, 0.3) is 5.56 Å². The van der Waals surface area contributed by atoms with Crippen LogP contribution in [-0.4, -0.2) is 42.2 Å². The van der Waals surface area contributed by atoms with Crippen molar-refractivity contribution in [3.63, 3.8) is 0 Å². The van der Waals surface area contributed by atoms with Crippen LogP contribution in [0.1, 0.15) is 36.7 Å². The number of rotatable bonds is 8. The molecule has 36 heavy (non-hydrogen) atoms. The van der Waals surface area contributed by atoms with E-state index >= 15 is 0 Å². The Bertz CT molecular complexity index is 1560. The number of H-pyrrole nitrogens is 1. The van der Waals surface area contributed by atoms with Crippen molar-refractivity contribution in [1.29, 1.82) is 0 Å². The van der Waals surface area contributed by atoms with Gasteiger partial charge in [0, 0.05) is 19.0 Å². The lowest BCUT2D eigenvalue weighted by molar-refractivity contribution is 0.664. The Hall–Kier alpha value is -4.40. The zero-order valence-corrected chi connectivity index (χ0v) is 20.6. The molecule has 0 spiro atoms. The summed E-state index contributed by atoms with van der Waals surface area (Å²) < 4.78 is 2.09. The number of fused-ring (bicyclic) bond motifs is 1. The minimum Gasteiger partial charge on any atom is -0.373 e. The second-order valence-corrected chi connectivity index (χ2v) is 8.77. The Labute approximate surface area is 208 Å². The molecule has 3 heterocycles. The van der Waals surface area contributed by atoms with Crippen molar-refractivity contribution < 1.29 is 0 Å². The lowest BCUT2D eigenvalue weighted by Gasteiger charge is -2.17. The average Bonchev–Trinajstić information content (AvgIpc) is 3.44. The summed E-state index contributed by atoms with van der Waals surface area (Å²) in [5.74, 6) is 2.05. The number of hydrogen-bond donors (Lipinski definition) is 2. The van der Waals surface area contributed by atoms with Gasteiger partial charge in [-0.15, -0.1) is 10.2 Å². The Morgan fingerprint density at radius 1 is 1.03 bits per heavy atom. The van der Waals surface area contributed by atoms with Crippen LogP contribution in [-0.2, 0) is 13.0 Å². The molecule has 9 heteroatoms. The van der Waals surface area contributed by atoms with E-state index in [1.54, 1.807) is 0 Å². The summed E-state index contributed by atoms with van der Waals surface area (Å²) in [5.41, 5.74) is 5.40. The van der Waals surface area contributed by atoms with Crippen LogP contribution < -0.4 is 10.9 Å². The van der Waals surface area contributed by atoms with E-state index in [1.165, 1.54) is 0 Å². The van der Waals surface area contributed by atoms with Gasteiger partial charge in [-0.2, -0.15) is 10.2 Å². The van der Waals surface area contributed by atoms with E-state index in [9.17, 15) is 4.79 Å². The van der Waals surface area contributed by atoms with Crippen LogP contribution in [0.2, 0.25) is 0 Å². The fourth-order valence-electron chi connectivity index (χ4n) is 4.47. The number of aromatic amines is 1. The predicted molar refractivity (Wildman–Crippen MR) is 141 cm³/mol. The fraction of sp³-hybridized carbons (Fsp3) is 0.259. The van der Waals surface area contributed by atoms with Crippen molar-refractivity contribution in [2.75, 3.05) is 12.4 Å². The summed E-state index contributed by atoms with van der Waals surface area (Å²) in [5, 5.41) is 18.2. The number of aryl methyl sites for hydroxylation is 2. The number of unbranched alkanes of at least 4 members (excludes halogenated alkanes) is 1. The van der Waals surface area contributed by atoms with Crippen LogP contribution in [0, 0.1) is 6.92 Å². The van der Waals surface area contributed by atoms with Crippen molar-refractivity contribution in [3.8, 4) is 22.5 Å². The first-order valence-corrected chi connectivity index (χ1v) is 12.1. The van der Waals surface area contributed by atoms with Gasteiger partial charge in [0.05, 0.1) is 11.9 Å². The normalized spacial score (nSPS) is 11.2. The average molecular weight is 481 g/mol. The quantitative estimate of drug-likeness (QED) is 0.339. The highest BCUT2D eigenvalue weighted by Crippen LogP contribution is 2.30. The molecule has 0 saturated heterocycles. The SMILES string of the molecule is CCCCc1nc(=O)c2c(C)cc(NC)nc2n1Cc1ccc(-c2ccccc2-c2nn[nH]n2)cc1. The second kappa shape index (κ2) is 10.1. The third-order valence-electron chi connectivity index (χ3n) is 6.34. The van der Waals surface area contributed by atoms with Crippen molar-refractivity contribution >= 4 is 16.9 Å². The third kappa shape index (κ3) is 4.47. The number of tetrazole rings is 1. The summed E-state index contributed by atoms with van der Waals surface area (Å²) in [6.07, 6.45) is 2.70. The molecule has 0 radical (unpaired) electrons. The number of aromatic nitrogens is 7. The van der Waals surface area contributed by atoms with Crippen LogP contribution in [0.5, 0.6) is 0 Å². The van der Waals surface area contributed by atoms with E-state index < -0.39 is 0 Å². The molecule has 0 unspecified atom stereocenters. The van der Waals surface area contributed by atoms with Crippen molar-refractivity contribution in [2.45, 2.75) is 39.7 Å². The monoisotopic (exact) mass is 480 g/mol. The molecule has 182 valence electrons. The van der Waals surface area contributed by atoms with Gasteiger partial charge in [-0.25, -0.2) is 4.98 Å². The first kappa shape index (κ1) is 23.3. The maximum absolute atomic E-state index is 12.9. The van der Waals surface area contributed by atoms with Gasteiger partial charge in [-0.05, 0) is 46.9 Å². The Balaban J connectivity index is 1.56. The zero-order chi connectivity index (χ0) is 25.1. The minimum absolute atomic E-state index is 0.214. The lowest BCUT2D eigenvalue weighted by Crippen LogP contribution is -2.21. The van der Waals surface area contributed by atoms with Gasteiger partial charge in [-0.1, -0.05) is 61.9 Å². The number of hydrogen-bond acceptors (Lipinski definition) is 7. The molecule has 0 aliphatic rings. The molecular formula is C27H28N8O. The summed E-state index contributed by atoms with van der Waals surface area (Å²) in [7, 11) is 1.83. The number of pyridine rings is 1. The molecule has 0 bridgehead atoms. The molecule has 0 aliphatic heterocycles. The lowest BCUT2D eigenvalue weighted by atomic mass is 9.98. The zero-order valence-electron chi connectivity index (χ0n) is 20.6. The van der Waals surface area contributed by atoms with Gasteiger partial charge in [0.1, 0.15) is 17.3 Å². The molecule has 5 aromatic rings. The summed E-state index contributed by atoms with van der Waals surface area (Å²) in [6.45, 7) is 4.63. The molecule has 5 rings (SSSR count). The number of anilines is 1. The first-order valence-electron chi connectivity index (χ1n) is 12.1. The van der Waals surface area contributed by atoms with Crippen LogP contribution in [0.15, 0.2) is 59.4 Å². The third-order valence-corrected chi connectivity index (χ3v) is 6.34. The molecule has 0 atom stereocenters. The van der Waals surface area contributed by atoms with E-state index in [0.717, 1.165) is 58.7 Å². The summed E-state index contributed by atoms with van der Waals surface area (Å²) in [4.78, 5) is 22.2. The minimum atomic E-state index is -0.214. The Morgan fingerprint density at radius 2 is 1.81 bits per heavy atom. The molecule has 2 aromatic carbocycles. The first-order chi connectivity index (χ1) is 17.6. The van der Waals surface area contributed by atoms with E-state index in [4.69, 9.17) is 4.98 Å². The largest absolute Gasteiger partial charge is 0.373 e. The van der Waals surface area contributed by atoms with Gasteiger partial charge >= 0.3 is 0 Å². The molecule has 9 nitrogen and oxygen atoms in total. The van der Waals surface area contributed by atoms with Crippen LogP contribution in [0.3, 0.4) is 0 Å². The highest BCUT2D eigenvalue weighted by molar-refractivity contribution is 5.81. The molecule has 0 aliphatic carbocycles.